The van der Waals surface area contributed by atoms with Crippen LogP contribution in [0.3, 0.4) is 0 Å². The van der Waals surface area contributed by atoms with Gasteiger partial charge >= 0.3 is 5.97 Å². The molecule has 3 rings (SSSR count). The summed E-state index contributed by atoms with van der Waals surface area (Å²) >= 11 is 9.32. The van der Waals surface area contributed by atoms with Gasteiger partial charge in [-0.05, 0) is 51.7 Å². The number of thiocarbonyl (C=S) groups is 1. The summed E-state index contributed by atoms with van der Waals surface area (Å²) in [5, 5.41) is 3.80. The molecule has 0 spiro atoms. The van der Waals surface area contributed by atoms with E-state index < -0.39 is 6.04 Å². The van der Waals surface area contributed by atoms with Crippen LogP contribution < -0.4 is 5.43 Å². The molecular weight excluding hydrogens is 443 g/mol. The zero-order chi connectivity index (χ0) is 16.4. The third-order valence-electron chi connectivity index (χ3n) is 3.57. The Labute approximate surface area is 157 Å². The molecular formula is C16H15IN2O2S2. The third kappa shape index (κ3) is 3.57. The molecule has 7 heteroatoms. The van der Waals surface area contributed by atoms with Gasteiger partial charge in [0.05, 0.1) is 15.4 Å². The molecule has 1 N–H and O–H groups in total. The Hall–Kier alpha value is -1.03. The zero-order valence-corrected chi connectivity index (χ0v) is 16.2. The molecule has 120 valence electrons. The summed E-state index contributed by atoms with van der Waals surface area (Å²) in [6.07, 6.45) is 0. The van der Waals surface area contributed by atoms with Crippen molar-refractivity contribution in [2.24, 2.45) is 0 Å². The molecule has 0 bridgehead atoms. The van der Waals surface area contributed by atoms with Crippen LogP contribution in [0, 0.1) is 3.57 Å². The number of nitrogens with one attached hydrogen (secondary N) is 1. The third-order valence-corrected chi connectivity index (χ3v) is 5.79. The largest absolute Gasteiger partial charge is 0.459 e. The number of fused-ring (bicyclic) bond motifs is 1. The molecule has 1 aliphatic heterocycles. The zero-order valence-electron chi connectivity index (χ0n) is 12.4. The van der Waals surface area contributed by atoms with Gasteiger partial charge in [-0.15, -0.1) is 11.3 Å². The molecule has 0 aliphatic carbocycles. The highest BCUT2D eigenvalue weighted by Gasteiger charge is 2.37. The number of hydrogen-bond donors (Lipinski definition) is 1. The Balaban J connectivity index is 1.72. The second kappa shape index (κ2) is 7.25. The van der Waals surface area contributed by atoms with Crippen molar-refractivity contribution in [3.63, 3.8) is 0 Å². The van der Waals surface area contributed by atoms with Crippen LogP contribution in [0.15, 0.2) is 35.7 Å². The molecule has 0 amide bonds. The maximum atomic E-state index is 12.6. The van der Waals surface area contributed by atoms with E-state index in [1.165, 1.54) is 0 Å². The van der Waals surface area contributed by atoms with E-state index in [-0.39, 0.29) is 12.6 Å². The smallest absolute Gasteiger partial charge is 0.331 e. The van der Waals surface area contributed by atoms with E-state index in [4.69, 9.17) is 17.0 Å². The van der Waals surface area contributed by atoms with Crippen molar-refractivity contribution in [1.82, 2.24) is 5.01 Å². The number of rotatable bonds is 4. The fraction of sp³-hybridized carbons (Fsp3) is 0.250. The predicted octanol–water partition coefficient (Wildman–Crippen LogP) is 3.85. The molecule has 0 radical (unpaired) electrons. The van der Waals surface area contributed by atoms with Crippen LogP contribution in [-0.4, -0.2) is 28.4 Å². The molecule has 1 atom stereocenters. The van der Waals surface area contributed by atoms with Gasteiger partial charge in [0.2, 0.25) is 0 Å². The SMILES string of the molecule is CCN1Nc2ccsc2C(=S)C1C(=O)OCc1ccc(I)cc1. The Morgan fingerprint density at radius 3 is 2.83 bits per heavy atom. The van der Waals surface area contributed by atoms with Crippen LogP contribution >= 0.6 is 46.1 Å². The Morgan fingerprint density at radius 2 is 2.13 bits per heavy atom. The summed E-state index contributed by atoms with van der Waals surface area (Å²) in [5.74, 6) is -0.318. The number of carbonyl (C=O) groups excluding carboxylic acids is 1. The molecule has 0 fully saturated rings. The quantitative estimate of drug-likeness (QED) is 0.429. The summed E-state index contributed by atoms with van der Waals surface area (Å²) in [5.41, 5.74) is 5.18. The van der Waals surface area contributed by atoms with E-state index in [9.17, 15) is 4.79 Å². The van der Waals surface area contributed by atoms with Gasteiger partial charge < -0.3 is 10.2 Å². The summed E-state index contributed by atoms with van der Waals surface area (Å²) in [6.45, 7) is 2.88. The number of hydrazine groups is 1. The van der Waals surface area contributed by atoms with Gasteiger partial charge in [0, 0.05) is 10.1 Å². The number of thiophene rings is 1. The van der Waals surface area contributed by atoms with Gasteiger partial charge in [-0.1, -0.05) is 31.3 Å². The summed E-state index contributed by atoms with van der Waals surface area (Å²) in [4.78, 5) is 14.1. The van der Waals surface area contributed by atoms with Gasteiger partial charge in [-0.2, -0.15) is 0 Å². The van der Waals surface area contributed by atoms with Crippen LogP contribution in [0.5, 0.6) is 0 Å². The standard InChI is InChI=1S/C16H15IN2O2S2/c1-2-19-13(14(22)15-12(18-19)7-8-23-15)16(20)21-9-10-3-5-11(17)6-4-10/h3-8,13,18H,2,9H2,1H3. The first-order valence-corrected chi connectivity index (χ1v) is 9.53. The number of halogens is 1. The molecule has 0 saturated carbocycles. The molecule has 0 saturated heterocycles. The maximum Gasteiger partial charge on any atom is 0.331 e. The maximum absolute atomic E-state index is 12.6. The molecule has 2 aromatic rings. The highest BCUT2D eigenvalue weighted by molar-refractivity contribution is 14.1. The number of carbonyl (C=O) groups is 1. The van der Waals surface area contributed by atoms with Crippen molar-refractivity contribution >= 4 is 62.7 Å². The number of anilines is 1. The van der Waals surface area contributed by atoms with E-state index in [1.807, 2.05) is 47.6 Å². The Bertz CT molecular complexity index is 730. The summed E-state index contributed by atoms with van der Waals surface area (Å²) < 4.78 is 6.65. The minimum atomic E-state index is -0.565. The van der Waals surface area contributed by atoms with Crippen LogP contribution in [0.1, 0.15) is 17.4 Å². The number of likely N-dealkylation sites (N-methyl/N-ethyl adjacent to an activating group) is 1. The predicted molar refractivity (Wildman–Crippen MR) is 105 cm³/mol. The van der Waals surface area contributed by atoms with Gasteiger partial charge in [-0.3, -0.25) is 0 Å². The van der Waals surface area contributed by atoms with E-state index >= 15 is 0 Å². The van der Waals surface area contributed by atoms with Crippen LogP contribution in [0.2, 0.25) is 0 Å². The van der Waals surface area contributed by atoms with Crippen molar-refractivity contribution in [3.8, 4) is 0 Å². The first-order valence-electron chi connectivity index (χ1n) is 7.16. The van der Waals surface area contributed by atoms with Crippen molar-refractivity contribution in [2.45, 2.75) is 19.6 Å². The number of ether oxygens (including phenoxy) is 1. The molecule has 1 aromatic carbocycles. The first kappa shape index (κ1) is 16.8. The van der Waals surface area contributed by atoms with Crippen LogP contribution in [0.25, 0.3) is 0 Å². The highest BCUT2D eigenvalue weighted by atomic mass is 127. The fourth-order valence-electron chi connectivity index (χ4n) is 2.38. The number of benzene rings is 1. The average molecular weight is 458 g/mol. The highest BCUT2D eigenvalue weighted by Crippen LogP contribution is 2.31. The van der Waals surface area contributed by atoms with E-state index in [0.717, 1.165) is 19.7 Å². The molecule has 1 aromatic heterocycles. The number of nitrogens with zero attached hydrogens (tertiary/aromatic N) is 1. The van der Waals surface area contributed by atoms with Crippen LogP contribution in [-0.2, 0) is 16.1 Å². The number of esters is 1. The molecule has 2 heterocycles. The fourth-order valence-corrected chi connectivity index (χ4v) is 4.03. The molecule has 1 aliphatic rings. The normalized spacial score (nSPS) is 17.5. The minimum absolute atomic E-state index is 0.254. The lowest BCUT2D eigenvalue weighted by Crippen LogP contribution is -2.52. The molecule has 4 nitrogen and oxygen atoms in total. The summed E-state index contributed by atoms with van der Waals surface area (Å²) in [6, 6.07) is 9.31. The first-order chi connectivity index (χ1) is 11.1. The van der Waals surface area contributed by atoms with Crippen molar-refractivity contribution < 1.29 is 9.53 Å². The van der Waals surface area contributed by atoms with Crippen molar-refractivity contribution in [1.29, 1.82) is 0 Å². The number of hydrogen-bond acceptors (Lipinski definition) is 6. The minimum Gasteiger partial charge on any atom is -0.459 e. The Morgan fingerprint density at radius 1 is 1.39 bits per heavy atom. The average Bonchev–Trinajstić information content (AvgIpc) is 3.02. The Kier molecular flexibility index (Phi) is 5.30. The van der Waals surface area contributed by atoms with Gasteiger partial charge in [0.1, 0.15) is 6.61 Å². The lowest BCUT2D eigenvalue weighted by molar-refractivity contribution is -0.148. The van der Waals surface area contributed by atoms with E-state index in [2.05, 4.69) is 28.0 Å². The lowest BCUT2D eigenvalue weighted by Gasteiger charge is -2.34. The second-order valence-electron chi connectivity index (χ2n) is 5.06. The molecule has 23 heavy (non-hydrogen) atoms. The van der Waals surface area contributed by atoms with E-state index in [0.29, 0.717) is 11.4 Å². The topological polar surface area (TPSA) is 41.6 Å². The van der Waals surface area contributed by atoms with Gasteiger partial charge in [0.25, 0.3) is 0 Å². The second-order valence-corrected chi connectivity index (χ2v) is 7.66. The van der Waals surface area contributed by atoms with Crippen LogP contribution in [0.4, 0.5) is 5.69 Å². The van der Waals surface area contributed by atoms with Crippen molar-refractivity contribution in [3.05, 3.63) is 49.7 Å². The van der Waals surface area contributed by atoms with Gasteiger partial charge in [-0.25, -0.2) is 9.80 Å². The van der Waals surface area contributed by atoms with Crippen molar-refractivity contribution in [2.75, 3.05) is 12.0 Å². The summed E-state index contributed by atoms with van der Waals surface area (Å²) in [7, 11) is 0. The lowest BCUT2D eigenvalue weighted by atomic mass is 10.1. The van der Waals surface area contributed by atoms with E-state index in [1.54, 1.807) is 11.3 Å². The monoisotopic (exact) mass is 458 g/mol. The molecule has 1 unspecified atom stereocenters. The van der Waals surface area contributed by atoms with Gasteiger partial charge in [0.15, 0.2) is 6.04 Å².